The van der Waals surface area contributed by atoms with E-state index in [9.17, 15) is 13.2 Å². The highest BCUT2D eigenvalue weighted by atomic mass is 35.5. The molecule has 3 aromatic rings. The molecule has 3 rings (SSSR count). The minimum Gasteiger partial charge on any atom is -0.325 e. The van der Waals surface area contributed by atoms with E-state index in [-0.39, 0.29) is 22.0 Å². The number of nitrogens with zero attached hydrogens (tertiary/aromatic N) is 2. The number of thioether (sulfide) groups is 1. The lowest BCUT2D eigenvalue weighted by Gasteiger charge is -2.15. The number of anilines is 2. The van der Waals surface area contributed by atoms with Crippen molar-refractivity contribution in [3.8, 4) is 0 Å². The molecule has 0 radical (unpaired) electrons. The van der Waals surface area contributed by atoms with Gasteiger partial charge in [-0.2, -0.15) is 0 Å². The lowest BCUT2D eigenvalue weighted by Crippen LogP contribution is -2.24. The summed E-state index contributed by atoms with van der Waals surface area (Å²) in [6.07, 6.45) is 0.630. The Morgan fingerprint density at radius 2 is 1.62 bits per heavy atom. The topological polar surface area (TPSA) is 101 Å². The minimum atomic E-state index is -3.86. The molecule has 1 unspecified atom stereocenters. The highest BCUT2D eigenvalue weighted by Crippen LogP contribution is 2.28. The van der Waals surface area contributed by atoms with Crippen molar-refractivity contribution in [3.05, 3.63) is 71.0 Å². The normalized spacial score (nSPS) is 12.2. The van der Waals surface area contributed by atoms with Crippen LogP contribution in [0.5, 0.6) is 0 Å². The third kappa shape index (κ3) is 6.44. The van der Waals surface area contributed by atoms with Gasteiger partial charge in [-0.3, -0.25) is 4.79 Å². The van der Waals surface area contributed by atoms with Crippen molar-refractivity contribution in [3.63, 3.8) is 0 Å². The van der Waals surface area contributed by atoms with Crippen LogP contribution in [0.1, 0.15) is 24.7 Å². The Balaban J connectivity index is 1.67. The fraction of sp³-hybridized carbons (Fsp3) is 0.227. The van der Waals surface area contributed by atoms with Crippen molar-refractivity contribution in [1.82, 2.24) is 9.97 Å². The molecule has 1 heterocycles. The number of benzene rings is 2. The second kappa shape index (κ2) is 10.3. The van der Waals surface area contributed by atoms with Gasteiger partial charge < -0.3 is 5.32 Å². The number of hydrogen-bond acceptors (Lipinski definition) is 6. The first-order valence-corrected chi connectivity index (χ1v) is 12.6. The molecular weight excluding hydrogens is 468 g/mol. The molecule has 0 saturated heterocycles. The Morgan fingerprint density at radius 3 is 2.19 bits per heavy atom. The summed E-state index contributed by atoms with van der Waals surface area (Å²) in [6.45, 7) is 5.46. The van der Waals surface area contributed by atoms with Crippen LogP contribution in [0.25, 0.3) is 0 Å². The van der Waals surface area contributed by atoms with E-state index >= 15 is 0 Å². The summed E-state index contributed by atoms with van der Waals surface area (Å²) < 4.78 is 27.7. The van der Waals surface area contributed by atoms with Gasteiger partial charge in [-0.05, 0) is 74.9 Å². The maximum Gasteiger partial charge on any atom is 0.264 e. The molecular formula is C22H23ClN4O3S2. The van der Waals surface area contributed by atoms with Crippen LogP contribution in [0.15, 0.2) is 64.4 Å². The minimum absolute atomic E-state index is 0.0184. The van der Waals surface area contributed by atoms with Crippen molar-refractivity contribution in [2.24, 2.45) is 0 Å². The Labute approximate surface area is 197 Å². The van der Waals surface area contributed by atoms with Crippen molar-refractivity contribution in [1.29, 1.82) is 0 Å². The number of carbonyl (C=O) groups excluding carboxylic acids is 1. The summed E-state index contributed by atoms with van der Waals surface area (Å²) in [7, 11) is -3.86. The molecule has 1 aromatic heterocycles. The molecule has 32 heavy (non-hydrogen) atoms. The average molecular weight is 491 g/mol. The maximum atomic E-state index is 12.7. The molecule has 1 atom stereocenters. The fourth-order valence-electron chi connectivity index (χ4n) is 2.89. The number of hydrogen-bond donors (Lipinski definition) is 2. The van der Waals surface area contributed by atoms with Crippen molar-refractivity contribution in [2.45, 2.75) is 42.2 Å². The van der Waals surface area contributed by atoms with E-state index in [0.717, 1.165) is 4.90 Å². The van der Waals surface area contributed by atoms with Gasteiger partial charge in [0, 0.05) is 27.0 Å². The van der Waals surface area contributed by atoms with E-state index in [1.165, 1.54) is 23.9 Å². The number of aryl methyl sites for hydroxylation is 2. The largest absolute Gasteiger partial charge is 0.325 e. The van der Waals surface area contributed by atoms with Crippen LogP contribution in [0, 0.1) is 13.8 Å². The van der Waals surface area contributed by atoms with E-state index in [1.807, 2.05) is 19.1 Å². The molecule has 0 aliphatic heterocycles. The first kappa shape index (κ1) is 24.0. The third-order valence-electron chi connectivity index (χ3n) is 4.40. The Bertz CT molecular complexity index is 1180. The van der Waals surface area contributed by atoms with Gasteiger partial charge in [-0.15, -0.1) is 11.8 Å². The summed E-state index contributed by atoms with van der Waals surface area (Å²) in [6, 6.07) is 15.0. The summed E-state index contributed by atoms with van der Waals surface area (Å²) >= 11 is 7.36. The molecule has 2 N–H and O–H groups in total. The van der Waals surface area contributed by atoms with Gasteiger partial charge in [-0.25, -0.2) is 23.1 Å². The van der Waals surface area contributed by atoms with Crippen molar-refractivity contribution >= 4 is 50.9 Å². The molecule has 0 saturated carbocycles. The number of sulfonamides is 1. The number of rotatable bonds is 8. The zero-order valence-electron chi connectivity index (χ0n) is 17.8. The molecule has 0 spiro atoms. The van der Waals surface area contributed by atoms with Crippen LogP contribution in [-0.2, 0) is 14.8 Å². The van der Waals surface area contributed by atoms with Gasteiger partial charge in [-0.1, -0.05) is 18.5 Å². The number of nitrogens with one attached hydrogen (secondary N) is 2. The zero-order valence-corrected chi connectivity index (χ0v) is 20.2. The zero-order chi connectivity index (χ0) is 23.3. The van der Waals surface area contributed by atoms with Gasteiger partial charge in [0.05, 0.1) is 10.1 Å². The van der Waals surface area contributed by atoms with E-state index in [1.54, 1.807) is 44.2 Å². The molecule has 0 fully saturated rings. The molecule has 0 aliphatic rings. The van der Waals surface area contributed by atoms with Gasteiger partial charge in [0.15, 0.2) is 0 Å². The Hall–Kier alpha value is -2.62. The number of carbonyl (C=O) groups is 1. The van der Waals surface area contributed by atoms with Crippen LogP contribution in [0.4, 0.5) is 11.6 Å². The number of aromatic nitrogens is 2. The standard InChI is InChI=1S/C22H23ClN4O3S2/c1-4-20(31-18-9-5-16(23)6-10-18)21(28)26-17-7-11-19(12-8-17)32(29,30)27-22-24-14(2)13-15(3)25-22/h5-13,20H,4H2,1-3H3,(H,26,28)(H,24,25,27). The quantitative estimate of drug-likeness (QED) is 0.428. The first-order chi connectivity index (χ1) is 15.2. The molecule has 0 bridgehead atoms. The highest BCUT2D eigenvalue weighted by molar-refractivity contribution is 8.00. The molecule has 1 amide bonds. The van der Waals surface area contributed by atoms with Gasteiger partial charge in [0.2, 0.25) is 11.9 Å². The smallest absolute Gasteiger partial charge is 0.264 e. The van der Waals surface area contributed by atoms with E-state index in [4.69, 9.17) is 11.6 Å². The highest BCUT2D eigenvalue weighted by Gasteiger charge is 2.19. The molecule has 10 heteroatoms. The number of halogens is 1. The van der Waals surface area contributed by atoms with Crippen LogP contribution in [-0.4, -0.2) is 29.5 Å². The van der Waals surface area contributed by atoms with E-state index in [2.05, 4.69) is 20.0 Å². The molecule has 2 aromatic carbocycles. The summed E-state index contributed by atoms with van der Waals surface area (Å²) in [5.74, 6) is -0.144. The van der Waals surface area contributed by atoms with Crippen molar-refractivity contribution < 1.29 is 13.2 Å². The summed E-state index contributed by atoms with van der Waals surface area (Å²) in [5.41, 5.74) is 1.83. The van der Waals surface area contributed by atoms with E-state index in [0.29, 0.717) is 28.5 Å². The third-order valence-corrected chi connectivity index (χ3v) is 7.37. The first-order valence-electron chi connectivity index (χ1n) is 9.84. The molecule has 168 valence electrons. The van der Waals surface area contributed by atoms with Crippen LogP contribution in [0.3, 0.4) is 0 Å². The lowest BCUT2D eigenvalue weighted by atomic mass is 10.3. The summed E-state index contributed by atoms with van der Waals surface area (Å²) in [4.78, 5) is 21.9. The van der Waals surface area contributed by atoms with Gasteiger partial charge in [0.25, 0.3) is 10.0 Å². The fourth-order valence-corrected chi connectivity index (χ4v) is 4.91. The number of amides is 1. The Kier molecular flexibility index (Phi) is 7.76. The maximum absolute atomic E-state index is 12.7. The summed E-state index contributed by atoms with van der Waals surface area (Å²) in [5, 5.41) is 3.18. The monoisotopic (exact) mass is 490 g/mol. The lowest BCUT2D eigenvalue weighted by molar-refractivity contribution is -0.115. The van der Waals surface area contributed by atoms with Crippen LogP contribution < -0.4 is 10.0 Å². The predicted octanol–water partition coefficient (Wildman–Crippen LogP) is 5.06. The Morgan fingerprint density at radius 1 is 1.03 bits per heavy atom. The van der Waals surface area contributed by atoms with Gasteiger partial charge in [0.1, 0.15) is 0 Å². The molecule has 0 aliphatic carbocycles. The second-order valence-electron chi connectivity index (χ2n) is 7.06. The predicted molar refractivity (Wildman–Crippen MR) is 129 cm³/mol. The SMILES string of the molecule is CCC(Sc1ccc(Cl)cc1)C(=O)Nc1ccc(S(=O)(=O)Nc2nc(C)cc(C)n2)cc1. The molecule has 7 nitrogen and oxygen atoms in total. The van der Waals surface area contributed by atoms with Crippen LogP contribution >= 0.6 is 23.4 Å². The second-order valence-corrected chi connectivity index (χ2v) is 10.5. The van der Waals surface area contributed by atoms with Crippen LogP contribution in [0.2, 0.25) is 5.02 Å². The van der Waals surface area contributed by atoms with E-state index < -0.39 is 10.0 Å². The van der Waals surface area contributed by atoms with Crippen molar-refractivity contribution in [2.75, 3.05) is 10.0 Å². The van der Waals surface area contributed by atoms with Gasteiger partial charge >= 0.3 is 0 Å². The average Bonchev–Trinajstić information content (AvgIpc) is 2.72.